The molecule has 1 aliphatic carbocycles. The second kappa shape index (κ2) is 3.47. The van der Waals surface area contributed by atoms with Crippen LogP contribution in [0.3, 0.4) is 0 Å². The van der Waals surface area contributed by atoms with E-state index in [0.717, 1.165) is 17.1 Å². The zero-order valence-corrected chi connectivity index (χ0v) is 9.43. The molecule has 0 amide bonds. The average molecular weight is 216 g/mol. The van der Waals surface area contributed by atoms with Crippen molar-refractivity contribution in [3.8, 4) is 0 Å². The Bertz CT molecular complexity index is 513. The lowest BCUT2D eigenvalue weighted by Crippen LogP contribution is -2.10. The second-order valence-corrected chi connectivity index (χ2v) is 4.71. The number of rotatable bonds is 3. The van der Waals surface area contributed by atoms with Crippen LogP contribution in [0.5, 0.6) is 0 Å². The topological polar surface area (TPSA) is 56.7 Å². The number of aromatic nitrogens is 3. The van der Waals surface area contributed by atoms with Crippen molar-refractivity contribution < 1.29 is 0 Å². The van der Waals surface area contributed by atoms with Gasteiger partial charge in [-0.15, -0.1) is 0 Å². The molecule has 1 aliphatic rings. The Hall–Kier alpha value is -1.58. The first kappa shape index (κ1) is 9.63. The predicted octanol–water partition coefficient (Wildman–Crippen LogP) is 2.37. The van der Waals surface area contributed by atoms with Crippen LogP contribution in [0.1, 0.15) is 32.2 Å². The van der Waals surface area contributed by atoms with E-state index in [1.165, 1.54) is 19.3 Å². The molecule has 0 bridgehead atoms. The number of fused-ring (bicyclic) bond motifs is 1. The van der Waals surface area contributed by atoms with Crippen molar-refractivity contribution in [2.24, 2.45) is 5.92 Å². The molecule has 2 aromatic heterocycles. The third-order valence-corrected chi connectivity index (χ3v) is 3.29. The molecule has 0 saturated heterocycles. The fraction of sp³-hybridized carbons (Fsp3) is 0.500. The Morgan fingerprint density at radius 2 is 2.38 bits per heavy atom. The number of nitrogen functional groups attached to an aromatic ring is 1. The predicted molar refractivity (Wildman–Crippen MR) is 64.0 cm³/mol. The molecule has 0 radical (unpaired) electrons. The summed E-state index contributed by atoms with van der Waals surface area (Å²) in [5, 5.41) is 0. The number of pyridine rings is 1. The largest absolute Gasteiger partial charge is 0.369 e. The van der Waals surface area contributed by atoms with Gasteiger partial charge in [-0.05, 0) is 31.4 Å². The van der Waals surface area contributed by atoms with Gasteiger partial charge in [0.15, 0.2) is 5.65 Å². The summed E-state index contributed by atoms with van der Waals surface area (Å²) in [7, 11) is 0. The van der Waals surface area contributed by atoms with E-state index in [4.69, 9.17) is 5.73 Å². The molecule has 0 aliphatic heterocycles. The van der Waals surface area contributed by atoms with Crippen LogP contribution in [0.4, 0.5) is 5.95 Å². The van der Waals surface area contributed by atoms with Crippen molar-refractivity contribution in [3.05, 3.63) is 18.3 Å². The van der Waals surface area contributed by atoms with Gasteiger partial charge in [0, 0.05) is 12.2 Å². The van der Waals surface area contributed by atoms with E-state index in [9.17, 15) is 0 Å². The third kappa shape index (κ3) is 1.54. The van der Waals surface area contributed by atoms with Gasteiger partial charge >= 0.3 is 0 Å². The Morgan fingerprint density at radius 3 is 3.12 bits per heavy atom. The summed E-state index contributed by atoms with van der Waals surface area (Å²) in [5.41, 5.74) is 7.76. The molecule has 0 spiro atoms. The van der Waals surface area contributed by atoms with Crippen molar-refractivity contribution in [3.63, 3.8) is 0 Å². The summed E-state index contributed by atoms with van der Waals surface area (Å²) >= 11 is 0. The monoisotopic (exact) mass is 216 g/mol. The van der Waals surface area contributed by atoms with Crippen LogP contribution in [0.25, 0.3) is 11.2 Å². The number of nitrogens with zero attached hydrogens (tertiary/aromatic N) is 3. The highest BCUT2D eigenvalue weighted by atomic mass is 15.2. The van der Waals surface area contributed by atoms with Crippen molar-refractivity contribution in [1.29, 1.82) is 0 Å². The minimum atomic E-state index is 0.396. The van der Waals surface area contributed by atoms with E-state index >= 15 is 0 Å². The van der Waals surface area contributed by atoms with Crippen LogP contribution in [-0.4, -0.2) is 14.5 Å². The normalized spacial score (nSPS) is 17.8. The molecule has 4 nitrogen and oxygen atoms in total. The Balaban J connectivity index is 2.03. The molecule has 0 aromatic carbocycles. The fourth-order valence-electron chi connectivity index (χ4n) is 2.32. The summed E-state index contributed by atoms with van der Waals surface area (Å²) < 4.78 is 2.06. The van der Waals surface area contributed by atoms with Gasteiger partial charge in [-0.2, -0.15) is 0 Å². The molecule has 1 fully saturated rings. The quantitative estimate of drug-likeness (QED) is 0.857. The molecule has 2 aromatic rings. The molecule has 3 rings (SSSR count). The van der Waals surface area contributed by atoms with Crippen LogP contribution < -0.4 is 5.73 Å². The third-order valence-electron chi connectivity index (χ3n) is 3.29. The standard InChI is InChI=1S/C12H16N4/c1-8(7-9-4-5-9)16-11-10(15-12(16)13)3-2-6-14-11/h2-3,6,8-9H,4-5,7H2,1H3,(H2,13,15). The average Bonchev–Trinajstić information content (AvgIpc) is 2.98. The molecule has 4 heteroatoms. The highest BCUT2D eigenvalue weighted by molar-refractivity contribution is 5.73. The number of nitrogens with two attached hydrogens (primary N) is 1. The lowest BCUT2D eigenvalue weighted by Gasteiger charge is -2.14. The summed E-state index contributed by atoms with van der Waals surface area (Å²) in [6, 6.07) is 4.25. The minimum absolute atomic E-state index is 0.396. The molecular weight excluding hydrogens is 200 g/mol. The van der Waals surface area contributed by atoms with Crippen LogP contribution >= 0.6 is 0 Å². The zero-order valence-electron chi connectivity index (χ0n) is 9.43. The molecule has 16 heavy (non-hydrogen) atoms. The number of hydrogen-bond acceptors (Lipinski definition) is 3. The molecule has 2 N–H and O–H groups in total. The molecule has 1 unspecified atom stereocenters. The van der Waals surface area contributed by atoms with Crippen LogP contribution in [0.2, 0.25) is 0 Å². The SMILES string of the molecule is CC(CC1CC1)n1c(N)nc2cccnc21. The highest BCUT2D eigenvalue weighted by Gasteiger charge is 2.26. The number of anilines is 1. The first-order chi connectivity index (χ1) is 7.75. The minimum Gasteiger partial charge on any atom is -0.369 e. The van der Waals surface area contributed by atoms with Crippen LogP contribution in [-0.2, 0) is 0 Å². The molecule has 84 valence electrons. The lowest BCUT2D eigenvalue weighted by atomic mass is 10.1. The fourth-order valence-corrected chi connectivity index (χ4v) is 2.32. The summed E-state index contributed by atoms with van der Waals surface area (Å²) in [4.78, 5) is 8.71. The first-order valence-electron chi connectivity index (χ1n) is 5.84. The van der Waals surface area contributed by atoms with Crippen molar-refractivity contribution in [1.82, 2.24) is 14.5 Å². The Labute approximate surface area is 94.5 Å². The lowest BCUT2D eigenvalue weighted by molar-refractivity contribution is 0.490. The van der Waals surface area contributed by atoms with E-state index in [1.54, 1.807) is 6.20 Å². The van der Waals surface area contributed by atoms with Crippen molar-refractivity contribution >= 4 is 17.1 Å². The Kier molecular flexibility index (Phi) is 2.09. The van der Waals surface area contributed by atoms with E-state index in [2.05, 4.69) is 21.5 Å². The highest BCUT2D eigenvalue weighted by Crippen LogP contribution is 2.37. The van der Waals surface area contributed by atoms with Crippen molar-refractivity contribution in [2.75, 3.05) is 5.73 Å². The molecule has 1 saturated carbocycles. The van der Waals surface area contributed by atoms with Gasteiger partial charge in [-0.1, -0.05) is 12.8 Å². The van der Waals surface area contributed by atoms with Crippen LogP contribution in [0.15, 0.2) is 18.3 Å². The number of hydrogen-bond donors (Lipinski definition) is 1. The zero-order chi connectivity index (χ0) is 11.1. The number of imidazole rings is 1. The second-order valence-electron chi connectivity index (χ2n) is 4.71. The van der Waals surface area contributed by atoms with E-state index in [1.807, 2.05) is 12.1 Å². The molecule has 1 atom stereocenters. The van der Waals surface area contributed by atoms with E-state index in [0.29, 0.717) is 12.0 Å². The first-order valence-corrected chi connectivity index (χ1v) is 5.84. The van der Waals surface area contributed by atoms with Gasteiger partial charge in [-0.25, -0.2) is 9.97 Å². The summed E-state index contributed by atoms with van der Waals surface area (Å²) in [5.74, 6) is 1.47. The van der Waals surface area contributed by atoms with Gasteiger partial charge in [0.2, 0.25) is 5.95 Å². The summed E-state index contributed by atoms with van der Waals surface area (Å²) in [6.45, 7) is 2.20. The smallest absolute Gasteiger partial charge is 0.202 e. The van der Waals surface area contributed by atoms with E-state index < -0.39 is 0 Å². The van der Waals surface area contributed by atoms with Crippen molar-refractivity contribution in [2.45, 2.75) is 32.2 Å². The summed E-state index contributed by atoms with van der Waals surface area (Å²) in [6.07, 6.45) is 5.71. The van der Waals surface area contributed by atoms with Crippen LogP contribution in [0, 0.1) is 5.92 Å². The van der Waals surface area contributed by atoms with Gasteiger partial charge < -0.3 is 5.73 Å². The van der Waals surface area contributed by atoms with E-state index in [-0.39, 0.29) is 0 Å². The maximum absolute atomic E-state index is 5.96. The molecule has 2 heterocycles. The van der Waals surface area contributed by atoms with Gasteiger partial charge in [0.25, 0.3) is 0 Å². The van der Waals surface area contributed by atoms with Gasteiger partial charge in [0.05, 0.1) is 0 Å². The molecular formula is C12H16N4. The van der Waals surface area contributed by atoms with Gasteiger partial charge in [0.1, 0.15) is 5.52 Å². The Morgan fingerprint density at radius 1 is 1.56 bits per heavy atom. The maximum atomic E-state index is 5.96. The van der Waals surface area contributed by atoms with Gasteiger partial charge in [-0.3, -0.25) is 4.57 Å². The maximum Gasteiger partial charge on any atom is 0.202 e.